The molecule has 0 spiro atoms. The highest BCUT2D eigenvalue weighted by atomic mass is 35.5. The number of hydrogen-bond acceptors (Lipinski definition) is 5. The summed E-state index contributed by atoms with van der Waals surface area (Å²) in [5.74, 6) is -0.316. The Morgan fingerprint density at radius 1 is 1.22 bits per heavy atom. The normalized spacial score (nSPS) is 9.74. The maximum absolute atomic E-state index is 11.8. The number of rotatable bonds is 5. The first-order valence-corrected chi connectivity index (χ1v) is 6.85. The van der Waals surface area contributed by atoms with E-state index < -0.39 is 4.92 Å². The lowest BCUT2D eigenvalue weighted by Crippen LogP contribution is -2.21. The smallest absolute Gasteiger partial charge is 0.269 e. The summed E-state index contributed by atoms with van der Waals surface area (Å²) in [4.78, 5) is 21.9. The second kappa shape index (κ2) is 7.24. The second-order valence-electron chi connectivity index (χ2n) is 4.51. The Hall–Kier alpha value is -3.11. The fraction of sp³-hybridized carbons (Fsp3) is 0.0667. The molecule has 0 heterocycles. The average Bonchev–Trinajstić information content (AvgIpc) is 2.53. The van der Waals surface area contributed by atoms with Crippen LogP contribution in [0, 0.1) is 21.4 Å². The second-order valence-corrected chi connectivity index (χ2v) is 4.92. The van der Waals surface area contributed by atoms with Crippen LogP contribution >= 0.6 is 11.6 Å². The number of nitro groups is 1. The van der Waals surface area contributed by atoms with Gasteiger partial charge < -0.3 is 10.6 Å². The van der Waals surface area contributed by atoms with E-state index in [1.165, 1.54) is 36.4 Å². The van der Waals surface area contributed by atoms with Gasteiger partial charge in [-0.2, -0.15) is 5.26 Å². The van der Waals surface area contributed by atoms with Crippen molar-refractivity contribution in [2.24, 2.45) is 0 Å². The third-order valence-corrected chi connectivity index (χ3v) is 3.22. The van der Waals surface area contributed by atoms with Crippen LogP contribution in [-0.2, 0) is 4.79 Å². The van der Waals surface area contributed by atoms with E-state index in [4.69, 9.17) is 16.9 Å². The summed E-state index contributed by atoms with van der Waals surface area (Å²) in [7, 11) is 0. The summed E-state index contributed by atoms with van der Waals surface area (Å²) in [5.41, 5.74) is 1.37. The number of anilines is 2. The summed E-state index contributed by atoms with van der Waals surface area (Å²) in [6, 6.07) is 12.2. The summed E-state index contributed by atoms with van der Waals surface area (Å²) in [6.45, 7) is -0.0184. The molecule has 0 aliphatic carbocycles. The molecule has 0 unspecified atom stereocenters. The predicted molar refractivity (Wildman–Crippen MR) is 86.4 cm³/mol. The molecule has 23 heavy (non-hydrogen) atoms. The van der Waals surface area contributed by atoms with Gasteiger partial charge in [-0.15, -0.1) is 0 Å². The topological polar surface area (TPSA) is 108 Å². The molecule has 1 amide bonds. The van der Waals surface area contributed by atoms with Gasteiger partial charge in [0.1, 0.15) is 6.07 Å². The van der Waals surface area contributed by atoms with Gasteiger partial charge in [-0.05, 0) is 30.3 Å². The molecule has 2 rings (SSSR count). The van der Waals surface area contributed by atoms with Crippen LogP contribution in [0.15, 0.2) is 42.5 Å². The molecule has 0 aromatic heterocycles. The molecule has 2 aromatic rings. The van der Waals surface area contributed by atoms with Gasteiger partial charge >= 0.3 is 0 Å². The van der Waals surface area contributed by atoms with Gasteiger partial charge in [0.05, 0.1) is 22.1 Å². The summed E-state index contributed by atoms with van der Waals surface area (Å²) in [6.07, 6.45) is 0. The molecule has 0 radical (unpaired) electrons. The van der Waals surface area contributed by atoms with Crippen molar-refractivity contribution in [3.8, 4) is 6.07 Å². The Kier molecular flexibility index (Phi) is 5.12. The number of benzene rings is 2. The molecule has 2 N–H and O–H groups in total. The minimum atomic E-state index is -0.495. The highest BCUT2D eigenvalue weighted by molar-refractivity contribution is 6.32. The number of nitrogens with one attached hydrogen (secondary N) is 2. The summed E-state index contributed by atoms with van der Waals surface area (Å²) >= 11 is 5.88. The predicted octanol–water partition coefficient (Wildman–Crippen LogP) is 3.17. The van der Waals surface area contributed by atoms with Gasteiger partial charge in [0.25, 0.3) is 5.69 Å². The Bertz CT molecular complexity index is 784. The number of amides is 1. The minimum absolute atomic E-state index is 0.0184. The number of carbonyl (C=O) groups is 1. The SMILES string of the molecule is N#Cc1ccc(NC(=O)CNc2ccc([N+](=O)[O-])cc2)cc1Cl. The standard InChI is InChI=1S/C15H11ClN4O3/c16-14-7-12(2-1-10(14)8-17)19-15(21)9-18-11-3-5-13(6-4-11)20(22)23/h1-7,18H,9H2,(H,19,21). The Labute approximate surface area is 136 Å². The van der Waals surface area contributed by atoms with Crippen LogP contribution in [0.1, 0.15) is 5.56 Å². The number of nitro benzene ring substituents is 1. The van der Waals surface area contributed by atoms with Gasteiger partial charge in [0.15, 0.2) is 0 Å². The Morgan fingerprint density at radius 2 is 1.87 bits per heavy atom. The zero-order valence-corrected chi connectivity index (χ0v) is 12.5. The zero-order valence-electron chi connectivity index (χ0n) is 11.7. The minimum Gasteiger partial charge on any atom is -0.376 e. The molecule has 116 valence electrons. The molecule has 0 fully saturated rings. The van der Waals surface area contributed by atoms with Crippen molar-refractivity contribution >= 4 is 34.6 Å². The highest BCUT2D eigenvalue weighted by Gasteiger charge is 2.07. The van der Waals surface area contributed by atoms with Crippen molar-refractivity contribution in [2.75, 3.05) is 17.2 Å². The number of nitrogens with zero attached hydrogens (tertiary/aromatic N) is 2. The first-order chi connectivity index (χ1) is 11.0. The number of halogens is 1. The van der Waals surface area contributed by atoms with Crippen LogP contribution in [0.3, 0.4) is 0 Å². The molecule has 0 aliphatic rings. The van der Waals surface area contributed by atoms with Gasteiger partial charge in [0.2, 0.25) is 5.91 Å². The van der Waals surface area contributed by atoms with Crippen molar-refractivity contribution in [3.63, 3.8) is 0 Å². The number of hydrogen-bond donors (Lipinski definition) is 2. The third-order valence-electron chi connectivity index (χ3n) is 2.90. The van der Waals surface area contributed by atoms with Crippen LogP contribution in [0.25, 0.3) is 0 Å². The number of nitriles is 1. The fourth-order valence-electron chi connectivity index (χ4n) is 1.77. The molecule has 0 atom stereocenters. The van der Waals surface area contributed by atoms with Gasteiger partial charge in [-0.3, -0.25) is 14.9 Å². The van der Waals surface area contributed by atoms with E-state index in [1.807, 2.05) is 6.07 Å². The molecular weight excluding hydrogens is 320 g/mol. The maximum Gasteiger partial charge on any atom is 0.269 e. The molecule has 2 aromatic carbocycles. The van der Waals surface area contributed by atoms with Crippen LogP contribution < -0.4 is 10.6 Å². The molecular formula is C15H11ClN4O3. The molecule has 0 saturated heterocycles. The average molecular weight is 331 g/mol. The van der Waals surface area contributed by atoms with Crippen LogP contribution in [0.4, 0.5) is 17.1 Å². The third kappa shape index (κ3) is 4.43. The van der Waals surface area contributed by atoms with Crippen LogP contribution in [-0.4, -0.2) is 17.4 Å². The van der Waals surface area contributed by atoms with E-state index in [0.717, 1.165) is 0 Å². The van der Waals surface area contributed by atoms with Crippen molar-refractivity contribution in [3.05, 3.63) is 63.2 Å². The van der Waals surface area contributed by atoms with Gasteiger partial charge in [-0.1, -0.05) is 11.6 Å². The van der Waals surface area contributed by atoms with E-state index in [0.29, 0.717) is 16.9 Å². The monoisotopic (exact) mass is 330 g/mol. The van der Waals surface area contributed by atoms with E-state index >= 15 is 0 Å². The van der Waals surface area contributed by atoms with Gasteiger partial charge in [0, 0.05) is 23.5 Å². The molecule has 0 aliphatic heterocycles. The molecule has 0 bridgehead atoms. The lowest BCUT2D eigenvalue weighted by atomic mass is 10.2. The van der Waals surface area contributed by atoms with Crippen molar-refractivity contribution in [1.29, 1.82) is 5.26 Å². The van der Waals surface area contributed by atoms with E-state index in [2.05, 4.69) is 10.6 Å². The van der Waals surface area contributed by atoms with E-state index in [-0.39, 0.29) is 23.2 Å². The first-order valence-electron chi connectivity index (χ1n) is 6.47. The van der Waals surface area contributed by atoms with Crippen molar-refractivity contribution in [2.45, 2.75) is 0 Å². The fourth-order valence-corrected chi connectivity index (χ4v) is 1.99. The number of carbonyl (C=O) groups excluding carboxylic acids is 1. The Morgan fingerprint density at radius 3 is 2.43 bits per heavy atom. The largest absolute Gasteiger partial charge is 0.376 e. The van der Waals surface area contributed by atoms with Crippen molar-refractivity contribution < 1.29 is 9.72 Å². The van der Waals surface area contributed by atoms with E-state index in [9.17, 15) is 14.9 Å². The van der Waals surface area contributed by atoms with E-state index in [1.54, 1.807) is 6.07 Å². The number of non-ortho nitro benzene ring substituents is 1. The highest BCUT2D eigenvalue weighted by Crippen LogP contribution is 2.20. The quantitative estimate of drug-likeness (QED) is 0.646. The van der Waals surface area contributed by atoms with Crippen molar-refractivity contribution in [1.82, 2.24) is 0 Å². The lowest BCUT2D eigenvalue weighted by molar-refractivity contribution is -0.384. The zero-order chi connectivity index (χ0) is 16.8. The summed E-state index contributed by atoms with van der Waals surface area (Å²) < 4.78 is 0. The maximum atomic E-state index is 11.8. The molecule has 7 nitrogen and oxygen atoms in total. The lowest BCUT2D eigenvalue weighted by Gasteiger charge is -2.08. The van der Waals surface area contributed by atoms with Crippen LogP contribution in [0.5, 0.6) is 0 Å². The first kappa shape index (κ1) is 16.3. The van der Waals surface area contributed by atoms with Crippen LogP contribution in [0.2, 0.25) is 5.02 Å². The molecule has 8 heteroatoms. The van der Waals surface area contributed by atoms with Gasteiger partial charge in [-0.25, -0.2) is 0 Å². The summed E-state index contributed by atoms with van der Waals surface area (Å²) in [5, 5.41) is 25.1. The molecule has 0 saturated carbocycles. The Balaban J connectivity index is 1.91.